The maximum absolute atomic E-state index is 6.14. The average Bonchev–Trinajstić information content (AvgIpc) is 2.53. The Bertz CT molecular complexity index is 609. The summed E-state index contributed by atoms with van der Waals surface area (Å²) < 4.78 is 4.38. The van der Waals surface area contributed by atoms with Gasteiger partial charge in [-0.2, -0.15) is 0 Å². The van der Waals surface area contributed by atoms with Gasteiger partial charge in [0.15, 0.2) is 0 Å². The monoisotopic (exact) mass is 385 g/mol. The number of halogens is 3. The Hall–Kier alpha value is -0.930. The maximum atomic E-state index is 6.14. The third-order valence-electron chi connectivity index (χ3n) is 3.52. The lowest BCUT2D eigenvalue weighted by Crippen LogP contribution is -2.34. The molecule has 0 spiro atoms. The fourth-order valence-electron chi connectivity index (χ4n) is 2.27. The van der Waals surface area contributed by atoms with Crippen LogP contribution in [0.3, 0.4) is 0 Å². The molecule has 5 heteroatoms. The zero-order valence-electron chi connectivity index (χ0n) is 13.8. The minimum atomic E-state index is -1.42. The summed E-state index contributed by atoms with van der Waals surface area (Å²) in [5.41, 5.74) is 2.04. The van der Waals surface area contributed by atoms with E-state index >= 15 is 0 Å². The van der Waals surface area contributed by atoms with Gasteiger partial charge in [-0.15, -0.1) is 0 Å². The first kappa shape index (κ1) is 19.4. The van der Waals surface area contributed by atoms with Crippen LogP contribution in [-0.2, 0) is 6.61 Å². The zero-order chi connectivity index (χ0) is 17.6. The molecule has 0 heterocycles. The van der Waals surface area contributed by atoms with Crippen molar-refractivity contribution in [3.05, 3.63) is 65.7 Å². The minimum Gasteiger partial charge on any atom is -0.489 e. The molecule has 1 N–H and O–H groups in total. The number of nitrogens with one attached hydrogen (secondary N) is 1. The van der Waals surface area contributed by atoms with Gasteiger partial charge in [-0.3, -0.25) is 0 Å². The first-order valence-electron chi connectivity index (χ1n) is 7.93. The lowest BCUT2D eigenvalue weighted by molar-refractivity contribution is 0.306. The van der Waals surface area contributed by atoms with Crippen LogP contribution in [0, 0.1) is 5.92 Å². The smallest absolute Gasteiger partial charge is 0.209 e. The summed E-state index contributed by atoms with van der Waals surface area (Å²) in [6, 6.07) is 17.3. The Morgan fingerprint density at radius 1 is 0.958 bits per heavy atom. The molecular formula is C19H22Cl3NO. The Kier molecular flexibility index (Phi) is 7.24. The van der Waals surface area contributed by atoms with Gasteiger partial charge in [0.05, 0.1) is 6.04 Å². The molecule has 2 rings (SSSR count). The highest BCUT2D eigenvalue weighted by molar-refractivity contribution is 6.68. The highest BCUT2D eigenvalue weighted by Crippen LogP contribution is 2.40. The standard InChI is InChI=1S/C19H22Cl3NO/c1-14(2)12-23-18(19(20,21)22)16-8-10-17(11-9-16)24-13-15-6-4-3-5-7-15/h3-11,14,18,23H,12-13H2,1-2H3. The number of ether oxygens (including phenoxy) is 1. The highest BCUT2D eigenvalue weighted by Gasteiger charge is 2.33. The average molecular weight is 387 g/mol. The summed E-state index contributed by atoms with van der Waals surface area (Å²) in [6.07, 6.45) is 0. The third kappa shape index (κ3) is 6.18. The molecule has 0 fully saturated rings. The van der Waals surface area contributed by atoms with E-state index in [9.17, 15) is 0 Å². The second-order valence-corrected chi connectivity index (χ2v) is 8.49. The number of benzene rings is 2. The lowest BCUT2D eigenvalue weighted by atomic mass is 10.1. The van der Waals surface area contributed by atoms with E-state index in [0.29, 0.717) is 12.5 Å². The first-order valence-corrected chi connectivity index (χ1v) is 9.06. The van der Waals surface area contributed by atoms with Gasteiger partial charge in [-0.25, -0.2) is 0 Å². The van der Waals surface area contributed by atoms with Crippen LogP contribution >= 0.6 is 34.8 Å². The molecule has 0 bridgehead atoms. The van der Waals surface area contributed by atoms with Crippen molar-refractivity contribution < 1.29 is 4.74 Å². The Balaban J connectivity index is 2.02. The van der Waals surface area contributed by atoms with Crippen LogP contribution in [0.4, 0.5) is 0 Å². The predicted octanol–water partition coefficient (Wildman–Crippen LogP) is 5.92. The molecule has 0 aromatic heterocycles. The molecule has 1 unspecified atom stereocenters. The molecule has 2 aromatic rings. The van der Waals surface area contributed by atoms with E-state index in [-0.39, 0.29) is 6.04 Å². The van der Waals surface area contributed by atoms with Crippen LogP contribution in [0.25, 0.3) is 0 Å². The zero-order valence-corrected chi connectivity index (χ0v) is 16.1. The molecule has 130 valence electrons. The van der Waals surface area contributed by atoms with E-state index in [2.05, 4.69) is 19.2 Å². The van der Waals surface area contributed by atoms with Crippen molar-refractivity contribution in [3.8, 4) is 5.75 Å². The second-order valence-electron chi connectivity index (χ2n) is 6.12. The van der Waals surface area contributed by atoms with Crippen molar-refractivity contribution in [2.24, 2.45) is 5.92 Å². The maximum Gasteiger partial charge on any atom is 0.209 e. The molecule has 24 heavy (non-hydrogen) atoms. The van der Waals surface area contributed by atoms with Crippen LogP contribution in [0.15, 0.2) is 54.6 Å². The Morgan fingerprint density at radius 2 is 1.58 bits per heavy atom. The summed E-state index contributed by atoms with van der Waals surface area (Å²) in [5, 5.41) is 3.32. The van der Waals surface area contributed by atoms with Gasteiger partial charge >= 0.3 is 0 Å². The molecule has 0 aliphatic heterocycles. The number of alkyl halides is 3. The van der Waals surface area contributed by atoms with Crippen LogP contribution in [0.1, 0.15) is 31.0 Å². The van der Waals surface area contributed by atoms with Crippen LogP contribution < -0.4 is 10.1 Å². The van der Waals surface area contributed by atoms with E-state index in [1.54, 1.807) is 0 Å². The quantitative estimate of drug-likeness (QED) is 0.596. The fraction of sp³-hybridized carbons (Fsp3) is 0.368. The number of rotatable bonds is 7. The van der Waals surface area contributed by atoms with Gasteiger partial charge in [-0.05, 0) is 35.7 Å². The molecule has 1 atom stereocenters. The van der Waals surface area contributed by atoms with E-state index in [0.717, 1.165) is 23.4 Å². The first-order chi connectivity index (χ1) is 11.4. The SMILES string of the molecule is CC(C)CNC(c1ccc(OCc2ccccc2)cc1)C(Cl)(Cl)Cl. The van der Waals surface area contributed by atoms with Crippen LogP contribution in [-0.4, -0.2) is 10.3 Å². The van der Waals surface area contributed by atoms with E-state index in [1.165, 1.54) is 0 Å². The largest absolute Gasteiger partial charge is 0.489 e. The lowest BCUT2D eigenvalue weighted by Gasteiger charge is -2.27. The molecule has 2 nitrogen and oxygen atoms in total. The van der Waals surface area contributed by atoms with Gasteiger partial charge < -0.3 is 10.1 Å². The van der Waals surface area contributed by atoms with Crippen LogP contribution in [0.5, 0.6) is 5.75 Å². The van der Waals surface area contributed by atoms with E-state index in [1.807, 2.05) is 54.6 Å². The van der Waals surface area contributed by atoms with Gasteiger partial charge in [0.1, 0.15) is 12.4 Å². The second kappa shape index (κ2) is 8.96. The van der Waals surface area contributed by atoms with Crippen molar-refractivity contribution >= 4 is 34.8 Å². The van der Waals surface area contributed by atoms with Crippen LogP contribution in [0.2, 0.25) is 0 Å². The fourth-order valence-corrected chi connectivity index (χ4v) is 2.88. The van der Waals surface area contributed by atoms with Crippen molar-refractivity contribution in [1.82, 2.24) is 5.32 Å². The summed E-state index contributed by atoms with van der Waals surface area (Å²) in [6.45, 7) is 5.52. The van der Waals surface area contributed by atoms with Crippen molar-refractivity contribution in [1.29, 1.82) is 0 Å². The molecule has 0 aliphatic rings. The van der Waals surface area contributed by atoms with Crippen molar-refractivity contribution in [2.45, 2.75) is 30.3 Å². The van der Waals surface area contributed by atoms with Gasteiger partial charge in [-0.1, -0.05) is 91.1 Å². The molecular weight excluding hydrogens is 365 g/mol. The topological polar surface area (TPSA) is 21.3 Å². The predicted molar refractivity (Wildman–Crippen MR) is 103 cm³/mol. The summed E-state index contributed by atoms with van der Waals surface area (Å²) in [5.74, 6) is 1.25. The molecule has 0 saturated carbocycles. The highest BCUT2D eigenvalue weighted by atomic mass is 35.6. The number of hydrogen-bond acceptors (Lipinski definition) is 2. The third-order valence-corrected chi connectivity index (χ3v) is 4.17. The molecule has 0 saturated heterocycles. The molecule has 0 amide bonds. The van der Waals surface area contributed by atoms with E-state index < -0.39 is 3.79 Å². The summed E-state index contributed by atoms with van der Waals surface area (Å²) in [4.78, 5) is 0. The van der Waals surface area contributed by atoms with Gasteiger partial charge in [0, 0.05) is 0 Å². The normalized spacial score (nSPS) is 13.1. The van der Waals surface area contributed by atoms with Crippen molar-refractivity contribution in [3.63, 3.8) is 0 Å². The molecule has 0 radical (unpaired) electrons. The minimum absolute atomic E-state index is 0.368. The van der Waals surface area contributed by atoms with Gasteiger partial charge in [0.2, 0.25) is 3.79 Å². The molecule has 0 aliphatic carbocycles. The number of hydrogen-bond donors (Lipinski definition) is 1. The van der Waals surface area contributed by atoms with Gasteiger partial charge in [0.25, 0.3) is 0 Å². The summed E-state index contributed by atoms with van der Waals surface area (Å²) >= 11 is 18.4. The van der Waals surface area contributed by atoms with E-state index in [4.69, 9.17) is 39.5 Å². The molecule has 2 aromatic carbocycles. The Morgan fingerprint density at radius 3 is 2.12 bits per heavy atom. The Labute approximate surface area is 159 Å². The van der Waals surface area contributed by atoms with Crippen molar-refractivity contribution in [2.75, 3.05) is 6.54 Å². The summed E-state index contributed by atoms with van der Waals surface area (Å²) in [7, 11) is 0.